The maximum Gasteiger partial charge on any atom is 0.0628 e. The summed E-state index contributed by atoms with van der Waals surface area (Å²) >= 11 is 0. The number of aryl methyl sites for hydroxylation is 1. The van der Waals surface area contributed by atoms with Crippen LogP contribution in [0, 0.1) is 17.2 Å². The van der Waals surface area contributed by atoms with Crippen LogP contribution >= 0.6 is 0 Å². The Morgan fingerprint density at radius 3 is 2.68 bits per heavy atom. The van der Waals surface area contributed by atoms with Crippen molar-refractivity contribution in [2.75, 3.05) is 0 Å². The SMILES string of the molecule is C=C(C)CCc1c(C(C)C(C)C)ccc2c1C(CC#N)CC2. The van der Waals surface area contributed by atoms with Crippen molar-refractivity contribution < 1.29 is 0 Å². The molecule has 0 amide bonds. The van der Waals surface area contributed by atoms with Crippen LogP contribution < -0.4 is 0 Å². The Bertz CT molecular complexity index is 589. The zero-order chi connectivity index (χ0) is 16.3. The Morgan fingerprint density at radius 1 is 1.36 bits per heavy atom. The van der Waals surface area contributed by atoms with Crippen LogP contribution in [0.4, 0.5) is 0 Å². The third-order valence-electron chi connectivity index (χ3n) is 5.28. The normalized spacial score (nSPS) is 18.1. The van der Waals surface area contributed by atoms with Crippen LogP contribution in [0.1, 0.15) is 81.0 Å². The van der Waals surface area contributed by atoms with E-state index in [1.54, 1.807) is 0 Å². The lowest BCUT2D eigenvalue weighted by molar-refractivity contribution is 0.529. The molecule has 2 unspecified atom stereocenters. The van der Waals surface area contributed by atoms with E-state index in [0.717, 1.165) is 25.7 Å². The van der Waals surface area contributed by atoms with Crippen molar-refractivity contribution in [3.63, 3.8) is 0 Å². The van der Waals surface area contributed by atoms with Gasteiger partial charge in [-0.3, -0.25) is 0 Å². The second-order valence-electron chi connectivity index (χ2n) is 7.29. The van der Waals surface area contributed by atoms with Crippen molar-refractivity contribution in [1.82, 2.24) is 0 Å². The molecular formula is C21H29N. The third-order valence-corrected chi connectivity index (χ3v) is 5.28. The van der Waals surface area contributed by atoms with Crippen LogP contribution in [0.5, 0.6) is 0 Å². The summed E-state index contributed by atoms with van der Waals surface area (Å²) in [5.74, 6) is 1.64. The Labute approximate surface area is 136 Å². The highest BCUT2D eigenvalue weighted by Gasteiger charge is 2.28. The number of nitrogens with zero attached hydrogens (tertiary/aromatic N) is 1. The maximum absolute atomic E-state index is 9.16. The van der Waals surface area contributed by atoms with Crippen molar-refractivity contribution in [3.8, 4) is 6.07 Å². The minimum atomic E-state index is 0.444. The van der Waals surface area contributed by atoms with Crippen LogP contribution in [0.3, 0.4) is 0 Å². The molecule has 0 saturated carbocycles. The highest BCUT2D eigenvalue weighted by Crippen LogP contribution is 2.42. The maximum atomic E-state index is 9.16. The second kappa shape index (κ2) is 7.14. The molecular weight excluding hydrogens is 266 g/mol. The summed E-state index contributed by atoms with van der Waals surface area (Å²) in [6.07, 6.45) is 5.06. The number of nitriles is 1. The number of allylic oxidation sites excluding steroid dienone is 1. The van der Waals surface area contributed by atoms with Crippen LogP contribution in [0.15, 0.2) is 24.3 Å². The van der Waals surface area contributed by atoms with Gasteiger partial charge in [0.1, 0.15) is 0 Å². The standard InChI is InChI=1S/C21H29N/c1-14(2)6-10-20-19(16(5)15(3)4)11-9-17-7-8-18(12-13-22)21(17)20/h9,11,15-16,18H,1,6-8,10,12H2,2-5H3. The lowest BCUT2D eigenvalue weighted by atomic mass is 9.80. The van der Waals surface area contributed by atoms with Crippen LogP contribution in [0.25, 0.3) is 0 Å². The molecule has 0 saturated heterocycles. The van der Waals surface area contributed by atoms with Crippen molar-refractivity contribution in [3.05, 3.63) is 46.5 Å². The Hall–Kier alpha value is -1.55. The molecule has 0 spiro atoms. The summed E-state index contributed by atoms with van der Waals surface area (Å²) in [4.78, 5) is 0. The first kappa shape index (κ1) is 16.8. The molecule has 0 radical (unpaired) electrons. The zero-order valence-corrected chi connectivity index (χ0v) is 14.6. The predicted molar refractivity (Wildman–Crippen MR) is 94.1 cm³/mol. The summed E-state index contributed by atoms with van der Waals surface area (Å²) in [7, 11) is 0. The minimum absolute atomic E-state index is 0.444. The molecule has 0 heterocycles. The van der Waals surface area contributed by atoms with Crippen LogP contribution in [0.2, 0.25) is 0 Å². The number of hydrogen-bond acceptors (Lipinski definition) is 1. The number of benzene rings is 1. The highest BCUT2D eigenvalue weighted by atomic mass is 14.3. The van der Waals surface area contributed by atoms with Gasteiger partial charge in [0.15, 0.2) is 0 Å². The molecule has 1 aliphatic carbocycles. The molecule has 0 aliphatic heterocycles. The van der Waals surface area contributed by atoms with Gasteiger partial charge < -0.3 is 0 Å². The van der Waals surface area contributed by atoms with Gasteiger partial charge in [0.2, 0.25) is 0 Å². The molecule has 0 bridgehead atoms. The average Bonchev–Trinajstić information content (AvgIpc) is 2.87. The molecule has 1 aromatic rings. The van der Waals surface area contributed by atoms with E-state index < -0.39 is 0 Å². The summed E-state index contributed by atoms with van der Waals surface area (Å²) in [6.45, 7) is 13.1. The molecule has 1 heteroatoms. The molecule has 1 aliphatic rings. The summed E-state index contributed by atoms with van der Waals surface area (Å²) < 4.78 is 0. The summed E-state index contributed by atoms with van der Waals surface area (Å²) in [5.41, 5.74) is 7.26. The van der Waals surface area contributed by atoms with E-state index in [1.165, 1.54) is 27.8 Å². The fourth-order valence-corrected chi connectivity index (χ4v) is 3.65. The largest absolute Gasteiger partial charge is 0.198 e. The molecule has 0 aromatic heterocycles. The predicted octanol–water partition coefficient (Wildman–Crippen LogP) is 5.90. The fourth-order valence-electron chi connectivity index (χ4n) is 3.65. The molecule has 1 nitrogen and oxygen atoms in total. The molecule has 0 fully saturated rings. The van der Waals surface area contributed by atoms with E-state index in [2.05, 4.69) is 52.5 Å². The summed E-state index contributed by atoms with van der Waals surface area (Å²) in [5, 5.41) is 9.16. The second-order valence-corrected chi connectivity index (χ2v) is 7.29. The van der Waals surface area contributed by atoms with E-state index in [1.807, 2.05) is 0 Å². The average molecular weight is 295 g/mol. The van der Waals surface area contributed by atoms with Crippen LogP contribution in [-0.4, -0.2) is 0 Å². The topological polar surface area (TPSA) is 23.8 Å². The minimum Gasteiger partial charge on any atom is -0.198 e. The molecule has 2 rings (SSSR count). The molecule has 118 valence electrons. The number of fused-ring (bicyclic) bond motifs is 1. The molecule has 2 atom stereocenters. The smallest absolute Gasteiger partial charge is 0.0628 e. The molecule has 1 aromatic carbocycles. The Balaban J connectivity index is 2.49. The first-order valence-electron chi connectivity index (χ1n) is 8.61. The van der Waals surface area contributed by atoms with E-state index in [4.69, 9.17) is 5.26 Å². The van der Waals surface area contributed by atoms with Gasteiger partial charge in [-0.05, 0) is 72.6 Å². The van der Waals surface area contributed by atoms with Gasteiger partial charge in [-0.25, -0.2) is 0 Å². The van der Waals surface area contributed by atoms with Gasteiger partial charge in [-0.1, -0.05) is 38.5 Å². The number of rotatable bonds is 6. The van der Waals surface area contributed by atoms with Gasteiger partial charge in [0.25, 0.3) is 0 Å². The van der Waals surface area contributed by atoms with Crippen LogP contribution in [-0.2, 0) is 12.8 Å². The van der Waals surface area contributed by atoms with E-state index >= 15 is 0 Å². The zero-order valence-electron chi connectivity index (χ0n) is 14.6. The lowest BCUT2D eigenvalue weighted by Crippen LogP contribution is -2.10. The van der Waals surface area contributed by atoms with Gasteiger partial charge in [-0.15, -0.1) is 6.58 Å². The highest BCUT2D eigenvalue weighted by molar-refractivity contribution is 5.48. The molecule has 0 N–H and O–H groups in total. The fraction of sp³-hybridized carbons (Fsp3) is 0.571. The van der Waals surface area contributed by atoms with Crippen molar-refractivity contribution in [1.29, 1.82) is 5.26 Å². The Morgan fingerprint density at radius 2 is 2.09 bits per heavy atom. The third kappa shape index (κ3) is 3.43. The molecule has 22 heavy (non-hydrogen) atoms. The Kier molecular flexibility index (Phi) is 5.46. The van der Waals surface area contributed by atoms with Gasteiger partial charge >= 0.3 is 0 Å². The first-order valence-corrected chi connectivity index (χ1v) is 8.61. The van der Waals surface area contributed by atoms with E-state index in [-0.39, 0.29) is 0 Å². The van der Waals surface area contributed by atoms with Crippen molar-refractivity contribution in [2.24, 2.45) is 5.92 Å². The first-order chi connectivity index (χ1) is 10.5. The summed E-state index contributed by atoms with van der Waals surface area (Å²) in [6, 6.07) is 7.07. The number of hydrogen-bond donors (Lipinski definition) is 0. The van der Waals surface area contributed by atoms with Gasteiger partial charge in [0.05, 0.1) is 6.07 Å². The quantitative estimate of drug-likeness (QED) is 0.599. The van der Waals surface area contributed by atoms with Crippen molar-refractivity contribution >= 4 is 0 Å². The lowest BCUT2D eigenvalue weighted by Gasteiger charge is -2.24. The monoisotopic (exact) mass is 295 g/mol. The van der Waals surface area contributed by atoms with Crippen molar-refractivity contribution in [2.45, 2.75) is 71.6 Å². The van der Waals surface area contributed by atoms with Gasteiger partial charge in [-0.2, -0.15) is 5.26 Å². The van der Waals surface area contributed by atoms with E-state index in [9.17, 15) is 0 Å². The van der Waals surface area contributed by atoms with Gasteiger partial charge in [0, 0.05) is 6.42 Å². The van der Waals surface area contributed by atoms with E-state index in [0.29, 0.717) is 24.2 Å².